The quantitative estimate of drug-likeness (QED) is 0.123. The van der Waals surface area contributed by atoms with Gasteiger partial charge in [-0.05, 0) is 78.7 Å². The van der Waals surface area contributed by atoms with Gasteiger partial charge in [0.05, 0.1) is 10.3 Å². The standard InChI is InChI=1S/C32H26Cl2FN3O3S/c1-2-29(32(41)37-24-15-16-27(35)26(34)19-24)42-25-10-6-9-23(18-25)36-31(40)28(17-20-11-13-22(33)14-12-20)38-30(39)21-7-4-3-5-8-21/h3-19,29H,2H2,1H3,(H,36,40)(H,37,41)(H,38,39)/b28-17-. The van der Waals surface area contributed by atoms with Gasteiger partial charge in [0.15, 0.2) is 0 Å². The molecule has 10 heteroatoms. The zero-order valence-corrected chi connectivity index (χ0v) is 24.7. The summed E-state index contributed by atoms with van der Waals surface area (Å²) in [5.74, 6) is -1.80. The van der Waals surface area contributed by atoms with Crippen LogP contribution in [0.2, 0.25) is 10.0 Å². The number of nitrogens with one attached hydrogen (secondary N) is 3. The van der Waals surface area contributed by atoms with Crippen LogP contribution in [-0.4, -0.2) is 23.0 Å². The van der Waals surface area contributed by atoms with Gasteiger partial charge in [-0.15, -0.1) is 11.8 Å². The summed E-state index contributed by atoms with van der Waals surface area (Å²) in [7, 11) is 0. The highest BCUT2D eigenvalue weighted by Crippen LogP contribution is 2.29. The number of thioether (sulfide) groups is 1. The highest BCUT2D eigenvalue weighted by molar-refractivity contribution is 8.00. The largest absolute Gasteiger partial charge is 0.325 e. The van der Waals surface area contributed by atoms with Crippen molar-refractivity contribution in [2.45, 2.75) is 23.5 Å². The van der Waals surface area contributed by atoms with E-state index in [2.05, 4.69) is 16.0 Å². The van der Waals surface area contributed by atoms with E-state index in [1.54, 1.807) is 78.9 Å². The maximum Gasteiger partial charge on any atom is 0.272 e. The van der Waals surface area contributed by atoms with E-state index in [1.165, 1.54) is 30.0 Å². The first kappa shape index (κ1) is 30.8. The zero-order chi connectivity index (χ0) is 30.1. The molecule has 0 aliphatic carbocycles. The molecule has 0 aliphatic heterocycles. The summed E-state index contributed by atoms with van der Waals surface area (Å²) in [6, 6.07) is 26.4. The van der Waals surface area contributed by atoms with E-state index in [1.807, 2.05) is 13.0 Å². The molecule has 4 aromatic rings. The summed E-state index contributed by atoms with van der Waals surface area (Å²) in [5.41, 5.74) is 1.97. The average Bonchev–Trinajstić information content (AvgIpc) is 2.99. The van der Waals surface area contributed by atoms with E-state index in [9.17, 15) is 18.8 Å². The SMILES string of the molecule is CCC(Sc1cccc(NC(=O)/C(=C/c2ccc(Cl)cc2)NC(=O)c2ccccc2)c1)C(=O)Nc1ccc(F)c(Cl)c1. The van der Waals surface area contributed by atoms with Crippen LogP contribution in [0.3, 0.4) is 0 Å². The molecule has 0 spiro atoms. The number of carbonyl (C=O) groups is 3. The molecule has 4 rings (SSSR count). The second-order valence-electron chi connectivity index (χ2n) is 9.04. The maximum absolute atomic E-state index is 13.5. The first-order valence-corrected chi connectivity index (χ1v) is 14.5. The first-order valence-electron chi connectivity index (χ1n) is 12.9. The topological polar surface area (TPSA) is 87.3 Å². The molecule has 0 radical (unpaired) electrons. The third kappa shape index (κ3) is 8.69. The molecule has 3 N–H and O–H groups in total. The number of halogens is 3. The fraction of sp³-hybridized carbons (Fsp3) is 0.0938. The molecule has 4 aromatic carbocycles. The Labute approximate surface area is 257 Å². The van der Waals surface area contributed by atoms with Gasteiger partial charge in [-0.2, -0.15) is 0 Å². The van der Waals surface area contributed by atoms with Gasteiger partial charge in [-0.25, -0.2) is 4.39 Å². The lowest BCUT2D eigenvalue weighted by molar-refractivity contribution is -0.116. The predicted molar refractivity (Wildman–Crippen MR) is 168 cm³/mol. The first-order chi connectivity index (χ1) is 20.2. The highest BCUT2D eigenvalue weighted by Gasteiger charge is 2.20. The molecule has 0 aliphatic rings. The van der Waals surface area contributed by atoms with Gasteiger partial charge in [-0.3, -0.25) is 14.4 Å². The molecule has 1 atom stereocenters. The van der Waals surface area contributed by atoms with Gasteiger partial charge >= 0.3 is 0 Å². The Morgan fingerprint density at radius 2 is 1.57 bits per heavy atom. The van der Waals surface area contributed by atoms with Gasteiger partial charge in [0.2, 0.25) is 5.91 Å². The zero-order valence-electron chi connectivity index (χ0n) is 22.4. The van der Waals surface area contributed by atoms with Crippen LogP contribution < -0.4 is 16.0 Å². The Morgan fingerprint density at radius 1 is 0.857 bits per heavy atom. The highest BCUT2D eigenvalue weighted by atomic mass is 35.5. The van der Waals surface area contributed by atoms with E-state index in [4.69, 9.17) is 23.2 Å². The van der Waals surface area contributed by atoms with E-state index in [0.717, 1.165) is 4.90 Å². The van der Waals surface area contributed by atoms with Gasteiger partial charge < -0.3 is 16.0 Å². The third-order valence-corrected chi connectivity index (χ3v) is 7.83. The van der Waals surface area contributed by atoms with Gasteiger partial charge in [0, 0.05) is 26.9 Å². The Kier molecular flexibility index (Phi) is 10.8. The van der Waals surface area contributed by atoms with E-state index in [0.29, 0.717) is 33.9 Å². The summed E-state index contributed by atoms with van der Waals surface area (Å²) >= 11 is 13.2. The lowest BCUT2D eigenvalue weighted by atomic mass is 10.1. The van der Waals surface area contributed by atoms with Crippen LogP contribution in [0.5, 0.6) is 0 Å². The summed E-state index contributed by atoms with van der Waals surface area (Å²) < 4.78 is 13.5. The van der Waals surface area contributed by atoms with E-state index in [-0.39, 0.29) is 16.6 Å². The van der Waals surface area contributed by atoms with Crippen molar-refractivity contribution in [2.75, 3.05) is 10.6 Å². The lowest BCUT2D eigenvalue weighted by Gasteiger charge is -2.16. The van der Waals surface area contributed by atoms with E-state index >= 15 is 0 Å². The van der Waals surface area contributed by atoms with Crippen molar-refractivity contribution in [2.24, 2.45) is 0 Å². The number of rotatable bonds is 10. The second kappa shape index (κ2) is 14.7. The Balaban J connectivity index is 1.49. The predicted octanol–water partition coefficient (Wildman–Crippen LogP) is 8.05. The molecule has 6 nitrogen and oxygen atoms in total. The minimum Gasteiger partial charge on any atom is -0.325 e. The fourth-order valence-corrected chi connectivity index (χ4v) is 5.12. The minimum atomic E-state index is -0.569. The lowest BCUT2D eigenvalue weighted by Crippen LogP contribution is -2.30. The molecule has 1 unspecified atom stereocenters. The van der Waals surface area contributed by atoms with Crippen molar-refractivity contribution in [1.82, 2.24) is 5.32 Å². The van der Waals surface area contributed by atoms with Crippen LogP contribution >= 0.6 is 35.0 Å². The molecule has 0 heterocycles. The number of carbonyl (C=O) groups excluding carboxylic acids is 3. The molecule has 0 aromatic heterocycles. The van der Waals surface area contributed by atoms with Crippen LogP contribution in [0.25, 0.3) is 6.08 Å². The van der Waals surface area contributed by atoms with Crippen LogP contribution in [-0.2, 0) is 9.59 Å². The Bertz CT molecular complexity index is 1620. The van der Waals surface area contributed by atoms with Crippen LogP contribution in [0, 0.1) is 5.82 Å². The van der Waals surface area contributed by atoms with E-state index < -0.39 is 22.9 Å². The van der Waals surface area contributed by atoms with Gasteiger partial charge in [-0.1, -0.05) is 66.5 Å². The van der Waals surface area contributed by atoms with Crippen molar-refractivity contribution in [3.8, 4) is 0 Å². The Morgan fingerprint density at radius 3 is 2.26 bits per heavy atom. The second-order valence-corrected chi connectivity index (χ2v) is 11.2. The smallest absolute Gasteiger partial charge is 0.272 e. The number of anilines is 2. The summed E-state index contributed by atoms with van der Waals surface area (Å²) in [5, 5.41) is 8.29. The molecule has 42 heavy (non-hydrogen) atoms. The van der Waals surface area contributed by atoms with Crippen molar-refractivity contribution in [1.29, 1.82) is 0 Å². The van der Waals surface area contributed by atoms with Crippen molar-refractivity contribution < 1.29 is 18.8 Å². The summed E-state index contributed by atoms with van der Waals surface area (Å²) in [4.78, 5) is 39.9. The van der Waals surface area contributed by atoms with Crippen molar-refractivity contribution in [3.63, 3.8) is 0 Å². The molecule has 0 saturated heterocycles. The van der Waals surface area contributed by atoms with Crippen LogP contribution in [0.1, 0.15) is 29.3 Å². The summed E-state index contributed by atoms with van der Waals surface area (Å²) in [6.45, 7) is 1.88. The number of benzene rings is 4. The third-order valence-electron chi connectivity index (χ3n) is 5.93. The molecule has 0 bridgehead atoms. The minimum absolute atomic E-state index is 0.0352. The number of hydrogen-bond acceptors (Lipinski definition) is 4. The summed E-state index contributed by atoms with van der Waals surface area (Å²) in [6.07, 6.45) is 2.08. The van der Waals surface area contributed by atoms with Crippen molar-refractivity contribution in [3.05, 3.63) is 130 Å². The normalized spacial score (nSPS) is 11.9. The molecular formula is C32H26Cl2FN3O3S. The monoisotopic (exact) mass is 621 g/mol. The van der Waals surface area contributed by atoms with Crippen molar-refractivity contribution >= 4 is 70.1 Å². The van der Waals surface area contributed by atoms with Crippen LogP contribution in [0.4, 0.5) is 15.8 Å². The molecular weight excluding hydrogens is 596 g/mol. The van der Waals surface area contributed by atoms with Crippen LogP contribution in [0.15, 0.2) is 108 Å². The Hall–Kier alpha value is -4.11. The number of amides is 3. The van der Waals surface area contributed by atoms with Gasteiger partial charge in [0.1, 0.15) is 11.5 Å². The van der Waals surface area contributed by atoms with Gasteiger partial charge in [0.25, 0.3) is 11.8 Å². The molecule has 0 saturated carbocycles. The molecule has 214 valence electrons. The number of hydrogen-bond donors (Lipinski definition) is 3. The fourth-order valence-electron chi connectivity index (χ4n) is 3.80. The molecule has 3 amide bonds. The average molecular weight is 623 g/mol. The maximum atomic E-state index is 13.5. The molecule has 0 fully saturated rings.